The van der Waals surface area contributed by atoms with E-state index in [4.69, 9.17) is 9.47 Å². The maximum absolute atomic E-state index is 12.7. The number of carbonyl (C=O) groups is 3. The Balaban J connectivity index is 2.12. The lowest BCUT2D eigenvalue weighted by atomic mass is 10.0. The number of methoxy groups -OCH3 is 1. The van der Waals surface area contributed by atoms with Crippen molar-refractivity contribution < 1.29 is 23.9 Å². The van der Waals surface area contributed by atoms with Gasteiger partial charge in [0.1, 0.15) is 11.6 Å². The molecule has 1 fully saturated rings. The first-order chi connectivity index (χ1) is 12.2. The van der Waals surface area contributed by atoms with Gasteiger partial charge in [-0.25, -0.2) is 14.5 Å². The number of hydrogen-bond acceptors (Lipinski definition) is 5. The van der Waals surface area contributed by atoms with E-state index >= 15 is 0 Å². The zero-order valence-corrected chi connectivity index (χ0v) is 15.6. The summed E-state index contributed by atoms with van der Waals surface area (Å²) in [6.45, 7) is 5.12. The monoisotopic (exact) mass is 359 g/mol. The number of likely N-dealkylation sites (tertiary alicyclic amines) is 1. The Morgan fingerprint density at radius 3 is 2.46 bits per heavy atom. The number of allylic oxidation sites excluding steroid dienone is 1. The number of ether oxygens (including phenoxy) is 2. The topological polar surface area (TPSA) is 72.9 Å². The Kier molecular flexibility index (Phi) is 6.18. The van der Waals surface area contributed by atoms with Crippen LogP contribution in [0.3, 0.4) is 0 Å². The van der Waals surface area contributed by atoms with E-state index in [2.05, 4.69) is 0 Å². The molecule has 1 aliphatic heterocycles. The smallest absolute Gasteiger partial charge is 0.417 e. The fraction of sp³-hybridized carbons (Fsp3) is 0.450. The van der Waals surface area contributed by atoms with Crippen molar-refractivity contribution in [3.8, 4) is 0 Å². The van der Waals surface area contributed by atoms with Gasteiger partial charge in [0.25, 0.3) is 0 Å². The van der Waals surface area contributed by atoms with Crippen LogP contribution in [0.1, 0.15) is 39.2 Å². The number of carbonyl (C=O) groups excluding carboxylic acids is 3. The highest BCUT2D eigenvalue weighted by atomic mass is 16.6. The van der Waals surface area contributed by atoms with Crippen LogP contribution in [0.25, 0.3) is 6.08 Å². The van der Waals surface area contributed by atoms with Gasteiger partial charge in [0.2, 0.25) is 5.91 Å². The molecule has 1 heterocycles. The zero-order chi connectivity index (χ0) is 19.3. The van der Waals surface area contributed by atoms with Gasteiger partial charge in [-0.3, -0.25) is 4.79 Å². The molecule has 6 nitrogen and oxygen atoms in total. The van der Waals surface area contributed by atoms with E-state index in [9.17, 15) is 14.4 Å². The van der Waals surface area contributed by atoms with E-state index in [0.717, 1.165) is 10.5 Å². The molecule has 1 aliphatic rings. The predicted octanol–water partition coefficient (Wildman–Crippen LogP) is 3.42. The number of hydrogen-bond donors (Lipinski definition) is 0. The normalized spacial score (nSPS) is 20.5. The molecular formula is C20H25NO5. The number of nitrogens with zero attached hydrogens (tertiary/aromatic N) is 1. The third kappa shape index (κ3) is 4.94. The van der Waals surface area contributed by atoms with Crippen molar-refractivity contribution >= 4 is 24.0 Å². The van der Waals surface area contributed by atoms with Crippen LogP contribution in [-0.2, 0) is 19.1 Å². The van der Waals surface area contributed by atoms with Crippen molar-refractivity contribution in [3.05, 3.63) is 42.0 Å². The minimum Gasteiger partial charge on any atom is -0.467 e. The highest BCUT2D eigenvalue weighted by Crippen LogP contribution is 2.30. The van der Waals surface area contributed by atoms with Crippen molar-refractivity contribution in [2.45, 2.75) is 45.3 Å². The second-order valence-corrected chi connectivity index (χ2v) is 7.21. The summed E-state index contributed by atoms with van der Waals surface area (Å²) in [7, 11) is 1.24. The van der Waals surface area contributed by atoms with Crippen LogP contribution in [0.4, 0.5) is 4.79 Å². The van der Waals surface area contributed by atoms with E-state index in [-0.39, 0.29) is 6.42 Å². The van der Waals surface area contributed by atoms with Crippen LogP contribution in [0.15, 0.2) is 36.4 Å². The molecule has 26 heavy (non-hydrogen) atoms. The third-order valence-electron chi connectivity index (χ3n) is 4.00. The van der Waals surface area contributed by atoms with Crippen LogP contribution < -0.4 is 0 Å². The molecule has 1 saturated heterocycles. The molecule has 0 unspecified atom stereocenters. The predicted molar refractivity (Wildman–Crippen MR) is 97.1 cm³/mol. The number of amides is 2. The van der Waals surface area contributed by atoms with Gasteiger partial charge >= 0.3 is 12.1 Å². The summed E-state index contributed by atoms with van der Waals surface area (Å²) in [5, 5.41) is 0. The van der Waals surface area contributed by atoms with Gasteiger partial charge in [0.15, 0.2) is 0 Å². The Morgan fingerprint density at radius 1 is 1.23 bits per heavy atom. The average Bonchev–Trinajstić information content (AvgIpc) is 2.90. The first-order valence-corrected chi connectivity index (χ1v) is 8.58. The summed E-state index contributed by atoms with van der Waals surface area (Å²) in [5.41, 5.74) is 0.259. The molecular weight excluding hydrogens is 334 g/mol. The first kappa shape index (κ1) is 19.7. The maximum Gasteiger partial charge on any atom is 0.417 e. The quantitative estimate of drug-likeness (QED) is 0.770. The van der Waals surface area contributed by atoms with E-state index in [1.807, 2.05) is 42.5 Å². The molecule has 2 rings (SSSR count). The molecule has 0 saturated carbocycles. The van der Waals surface area contributed by atoms with Crippen LogP contribution in [0, 0.1) is 5.92 Å². The van der Waals surface area contributed by atoms with Gasteiger partial charge in [0.05, 0.1) is 7.11 Å². The van der Waals surface area contributed by atoms with Gasteiger partial charge in [-0.15, -0.1) is 0 Å². The molecule has 0 radical (unpaired) electrons. The summed E-state index contributed by atoms with van der Waals surface area (Å²) in [6.07, 6.45) is 3.64. The van der Waals surface area contributed by atoms with Crippen LogP contribution in [0.2, 0.25) is 0 Å². The molecule has 2 amide bonds. The molecule has 0 bridgehead atoms. The van der Waals surface area contributed by atoms with E-state index in [1.54, 1.807) is 20.8 Å². The Labute approximate surface area is 153 Å². The van der Waals surface area contributed by atoms with E-state index in [1.165, 1.54) is 7.11 Å². The molecule has 0 N–H and O–H groups in total. The van der Waals surface area contributed by atoms with E-state index < -0.39 is 35.5 Å². The van der Waals surface area contributed by atoms with Gasteiger partial charge < -0.3 is 9.47 Å². The van der Waals surface area contributed by atoms with Crippen molar-refractivity contribution in [3.63, 3.8) is 0 Å². The minimum atomic E-state index is -0.947. The number of rotatable bonds is 4. The highest BCUT2D eigenvalue weighted by molar-refractivity contribution is 6.00. The second-order valence-electron chi connectivity index (χ2n) is 7.21. The van der Waals surface area contributed by atoms with Crippen molar-refractivity contribution in [1.29, 1.82) is 0 Å². The van der Waals surface area contributed by atoms with Crippen LogP contribution >= 0.6 is 0 Å². The SMILES string of the molecule is COC(=O)[C@H]1C[C@H](CC=Cc2ccccc2)C(=O)N1C(=O)OC(C)(C)C. The molecule has 1 aromatic carbocycles. The summed E-state index contributed by atoms with van der Waals surface area (Å²) < 4.78 is 10.0. The highest BCUT2D eigenvalue weighted by Gasteiger charge is 2.48. The summed E-state index contributed by atoms with van der Waals surface area (Å²) in [5.74, 6) is -1.49. The number of esters is 1. The van der Waals surface area contributed by atoms with Gasteiger partial charge in [-0.05, 0) is 39.2 Å². The van der Waals surface area contributed by atoms with Gasteiger partial charge in [0, 0.05) is 5.92 Å². The van der Waals surface area contributed by atoms with Crippen molar-refractivity contribution in [2.24, 2.45) is 5.92 Å². The summed E-state index contributed by atoms with van der Waals surface area (Å²) in [4.78, 5) is 38.0. The lowest BCUT2D eigenvalue weighted by Gasteiger charge is -2.26. The van der Waals surface area contributed by atoms with Crippen molar-refractivity contribution in [1.82, 2.24) is 4.90 Å². The molecule has 6 heteroatoms. The fourth-order valence-electron chi connectivity index (χ4n) is 2.82. The van der Waals surface area contributed by atoms with Crippen molar-refractivity contribution in [2.75, 3.05) is 7.11 Å². The summed E-state index contributed by atoms with van der Waals surface area (Å²) in [6, 6.07) is 8.75. The molecule has 140 valence electrons. The van der Waals surface area contributed by atoms with Crippen LogP contribution in [-0.4, -0.2) is 41.6 Å². The maximum atomic E-state index is 12.7. The lowest BCUT2D eigenvalue weighted by molar-refractivity contribution is -0.148. The molecule has 0 aromatic heterocycles. The van der Waals surface area contributed by atoms with Gasteiger partial charge in [-0.2, -0.15) is 0 Å². The Hall–Kier alpha value is -2.63. The first-order valence-electron chi connectivity index (χ1n) is 8.58. The third-order valence-corrected chi connectivity index (χ3v) is 4.00. The standard InChI is InChI=1S/C20H25NO5/c1-20(2,3)26-19(24)21-16(18(23)25-4)13-15(17(21)22)12-8-11-14-9-6-5-7-10-14/h5-11,15-16H,12-13H2,1-4H3/t15-,16+/m0/s1. The summed E-state index contributed by atoms with van der Waals surface area (Å²) >= 11 is 0. The molecule has 1 aromatic rings. The average molecular weight is 359 g/mol. The fourth-order valence-corrected chi connectivity index (χ4v) is 2.82. The zero-order valence-electron chi connectivity index (χ0n) is 15.6. The second kappa shape index (κ2) is 8.17. The lowest BCUT2D eigenvalue weighted by Crippen LogP contribution is -2.46. The van der Waals surface area contributed by atoms with Gasteiger partial charge in [-0.1, -0.05) is 42.5 Å². The molecule has 0 aliphatic carbocycles. The number of benzene rings is 1. The number of imide groups is 1. The Morgan fingerprint density at radius 2 is 1.88 bits per heavy atom. The largest absolute Gasteiger partial charge is 0.467 e. The minimum absolute atomic E-state index is 0.226. The van der Waals surface area contributed by atoms with Crippen LogP contribution in [0.5, 0.6) is 0 Å². The Bertz CT molecular complexity index is 690. The molecule has 0 spiro atoms. The van der Waals surface area contributed by atoms with E-state index in [0.29, 0.717) is 6.42 Å². The molecule has 2 atom stereocenters.